The molecule has 1 amide bonds. The van der Waals surface area contributed by atoms with Gasteiger partial charge in [0.25, 0.3) is 0 Å². The molecule has 0 spiro atoms. The molecular weight excluding hydrogens is 301 g/mol. The lowest BCUT2D eigenvalue weighted by molar-refractivity contribution is 0.0240. The van der Waals surface area contributed by atoms with E-state index in [1.165, 1.54) is 18.2 Å². The minimum atomic E-state index is -0.531. The molecule has 1 saturated heterocycles. The van der Waals surface area contributed by atoms with Gasteiger partial charge in [-0.15, -0.1) is 0 Å². The van der Waals surface area contributed by atoms with Gasteiger partial charge in [0.15, 0.2) is 0 Å². The van der Waals surface area contributed by atoms with Crippen LogP contribution >= 0.6 is 0 Å². The number of aliphatic imine (C=N–C) groups is 1. The van der Waals surface area contributed by atoms with Gasteiger partial charge in [-0.25, -0.2) is 14.0 Å². The molecule has 1 aromatic rings. The second kappa shape index (κ2) is 6.79. The van der Waals surface area contributed by atoms with Crippen LogP contribution in [0.5, 0.6) is 0 Å². The number of hydrogen-bond acceptors (Lipinski definition) is 5. The molecule has 1 heterocycles. The molecule has 124 valence electrons. The van der Waals surface area contributed by atoms with E-state index >= 15 is 0 Å². The molecule has 7 heteroatoms. The normalized spacial score (nSPS) is 15.1. The highest BCUT2D eigenvalue weighted by atomic mass is 19.1. The quantitative estimate of drug-likeness (QED) is 0.621. The number of amides is 1. The Morgan fingerprint density at radius 2 is 1.91 bits per heavy atom. The number of piperazine rings is 1. The van der Waals surface area contributed by atoms with Crippen molar-refractivity contribution in [2.45, 2.75) is 26.4 Å². The molecule has 2 rings (SSSR count). The molecule has 0 radical (unpaired) electrons. The van der Waals surface area contributed by atoms with Gasteiger partial charge in [0.05, 0.1) is 5.69 Å². The molecule has 1 aromatic carbocycles. The Labute approximate surface area is 134 Å². The molecule has 0 unspecified atom stereocenters. The number of anilines is 1. The van der Waals surface area contributed by atoms with Gasteiger partial charge in [0, 0.05) is 32.2 Å². The first kappa shape index (κ1) is 17.0. The minimum Gasteiger partial charge on any atom is -0.444 e. The molecule has 0 saturated carbocycles. The number of halogens is 1. The van der Waals surface area contributed by atoms with E-state index in [0.29, 0.717) is 31.9 Å². The van der Waals surface area contributed by atoms with Crippen molar-refractivity contribution in [3.63, 3.8) is 0 Å². The van der Waals surface area contributed by atoms with E-state index in [-0.39, 0.29) is 11.8 Å². The third-order valence-corrected chi connectivity index (χ3v) is 3.38. The van der Waals surface area contributed by atoms with Crippen molar-refractivity contribution in [3.8, 4) is 0 Å². The number of rotatable bonds is 2. The number of hydrogen-bond donors (Lipinski definition) is 0. The van der Waals surface area contributed by atoms with Crippen LogP contribution < -0.4 is 4.90 Å². The van der Waals surface area contributed by atoms with Crippen LogP contribution in [0, 0.1) is 5.82 Å². The van der Waals surface area contributed by atoms with E-state index in [4.69, 9.17) is 4.74 Å². The number of benzene rings is 1. The Kier molecular flexibility index (Phi) is 5.01. The predicted octanol–water partition coefficient (Wildman–Crippen LogP) is 2.85. The predicted molar refractivity (Wildman–Crippen MR) is 84.2 cm³/mol. The first-order valence-corrected chi connectivity index (χ1v) is 7.40. The van der Waals surface area contributed by atoms with Gasteiger partial charge in [-0.3, -0.25) is 0 Å². The molecular formula is C16H20FN3O3. The average Bonchev–Trinajstić information content (AvgIpc) is 2.46. The average molecular weight is 321 g/mol. The van der Waals surface area contributed by atoms with Crippen molar-refractivity contribution in [2.75, 3.05) is 31.1 Å². The number of nitrogens with zero attached hydrogens (tertiary/aromatic N) is 3. The highest BCUT2D eigenvalue weighted by molar-refractivity contribution is 5.71. The van der Waals surface area contributed by atoms with Crippen LogP contribution in [0.1, 0.15) is 20.8 Å². The summed E-state index contributed by atoms with van der Waals surface area (Å²) in [7, 11) is 0. The van der Waals surface area contributed by atoms with Gasteiger partial charge in [0.1, 0.15) is 17.1 Å². The van der Waals surface area contributed by atoms with Crippen LogP contribution in [-0.4, -0.2) is 48.9 Å². The number of isocyanates is 1. The Balaban J connectivity index is 2.05. The summed E-state index contributed by atoms with van der Waals surface area (Å²) in [5.74, 6) is -0.463. The van der Waals surface area contributed by atoms with E-state index in [1.54, 1.807) is 11.0 Å². The molecule has 1 fully saturated rings. The van der Waals surface area contributed by atoms with Crippen LogP contribution in [-0.2, 0) is 9.53 Å². The van der Waals surface area contributed by atoms with Crippen LogP contribution in [0.25, 0.3) is 0 Å². The lowest BCUT2D eigenvalue weighted by Crippen LogP contribution is -2.50. The zero-order valence-electron chi connectivity index (χ0n) is 13.5. The highest BCUT2D eigenvalue weighted by Gasteiger charge is 2.26. The number of ether oxygens (including phenoxy) is 1. The van der Waals surface area contributed by atoms with E-state index in [9.17, 15) is 14.0 Å². The van der Waals surface area contributed by atoms with Crippen molar-refractivity contribution in [2.24, 2.45) is 4.99 Å². The van der Waals surface area contributed by atoms with E-state index in [2.05, 4.69) is 4.99 Å². The topological polar surface area (TPSA) is 62.2 Å². The largest absolute Gasteiger partial charge is 0.444 e. The van der Waals surface area contributed by atoms with Crippen molar-refractivity contribution in [3.05, 3.63) is 24.0 Å². The first-order chi connectivity index (χ1) is 10.8. The fourth-order valence-electron chi connectivity index (χ4n) is 2.36. The van der Waals surface area contributed by atoms with Crippen molar-refractivity contribution in [1.82, 2.24) is 4.90 Å². The van der Waals surface area contributed by atoms with Gasteiger partial charge >= 0.3 is 6.09 Å². The summed E-state index contributed by atoms with van der Waals surface area (Å²) in [6.45, 7) is 7.53. The van der Waals surface area contributed by atoms with Crippen molar-refractivity contribution >= 4 is 23.5 Å². The van der Waals surface area contributed by atoms with Gasteiger partial charge in [0.2, 0.25) is 6.08 Å². The fourth-order valence-corrected chi connectivity index (χ4v) is 2.36. The second-order valence-corrected chi connectivity index (χ2v) is 6.29. The summed E-state index contributed by atoms with van der Waals surface area (Å²) in [4.78, 5) is 29.7. The molecule has 23 heavy (non-hydrogen) atoms. The summed E-state index contributed by atoms with van der Waals surface area (Å²) in [5.41, 5.74) is 0.362. The van der Waals surface area contributed by atoms with E-state index in [0.717, 1.165) is 0 Å². The molecule has 1 aliphatic rings. The molecule has 0 bridgehead atoms. The maximum atomic E-state index is 13.3. The third-order valence-electron chi connectivity index (χ3n) is 3.38. The molecule has 0 atom stereocenters. The Morgan fingerprint density at radius 3 is 2.48 bits per heavy atom. The summed E-state index contributed by atoms with van der Waals surface area (Å²) in [5, 5.41) is 0. The highest BCUT2D eigenvalue weighted by Crippen LogP contribution is 2.30. The van der Waals surface area contributed by atoms with Crippen molar-refractivity contribution < 1.29 is 18.7 Å². The zero-order valence-corrected chi connectivity index (χ0v) is 13.5. The van der Waals surface area contributed by atoms with Gasteiger partial charge in [-0.05, 0) is 32.9 Å². The number of carbonyl (C=O) groups excluding carboxylic acids is 2. The first-order valence-electron chi connectivity index (χ1n) is 7.40. The third kappa shape index (κ3) is 4.53. The van der Waals surface area contributed by atoms with Gasteiger partial charge in [-0.1, -0.05) is 0 Å². The summed E-state index contributed by atoms with van der Waals surface area (Å²) in [6, 6.07) is 4.09. The summed E-state index contributed by atoms with van der Waals surface area (Å²) in [6.07, 6.45) is 1.10. The van der Waals surface area contributed by atoms with Gasteiger partial charge in [-0.2, -0.15) is 4.99 Å². The molecule has 0 aliphatic carbocycles. The summed E-state index contributed by atoms with van der Waals surface area (Å²) >= 11 is 0. The Morgan fingerprint density at radius 1 is 1.26 bits per heavy atom. The standard InChI is InChI=1S/C16H20FN3O3/c1-16(2,3)23-15(22)20-8-6-19(7-9-20)14-5-4-12(17)10-13(14)18-11-21/h4-5,10H,6-9H2,1-3H3. The maximum absolute atomic E-state index is 13.3. The van der Waals surface area contributed by atoms with Crippen molar-refractivity contribution in [1.29, 1.82) is 0 Å². The lowest BCUT2D eigenvalue weighted by Gasteiger charge is -2.37. The molecule has 6 nitrogen and oxygen atoms in total. The fraction of sp³-hybridized carbons (Fsp3) is 0.500. The van der Waals surface area contributed by atoms with Gasteiger partial charge < -0.3 is 14.5 Å². The van der Waals surface area contributed by atoms with Crippen LogP contribution in [0.3, 0.4) is 0 Å². The Bertz CT molecular complexity index is 628. The molecule has 0 N–H and O–H groups in total. The lowest BCUT2D eigenvalue weighted by atomic mass is 10.2. The second-order valence-electron chi connectivity index (χ2n) is 6.29. The SMILES string of the molecule is CC(C)(C)OC(=O)N1CCN(c2ccc(F)cc2N=C=O)CC1. The Hall–Kier alpha value is -2.40. The van der Waals surface area contributed by atoms with Crippen LogP contribution in [0.2, 0.25) is 0 Å². The smallest absolute Gasteiger partial charge is 0.410 e. The van der Waals surface area contributed by atoms with E-state index < -0.39 is 11.4 Å². The van der Waals surface area contributed by atoms with Crippen LogP contribution in [0.4, 0.5) is 20.6 Å². The minimum absolute atomic E-state index is 0.241. The van der Waals surface area contributed by atoms with E-state index in [1.807, 2.05) is 25.7 Å². The number of carbonyl (C=O) groups is 1. The molecule has 1 aliphatic heterocycles. The monoisotopic (exact) mass is 321 g/mol. The maximum Gasteiger partial charge on any atom is 0.410 e. The van der Waals surface area contributed by atoms with Crippen LogP contribution in [0.15, 0.2) is 23.2 Å². The molecule has 0 aromatic heterocycles. The summed E-state index contributed by atoms with van der Waals surface area (Å²) < 4.78 is 18.6. The zero-order chi connectivity index (χ0) is 17.0.